The topological polar surface area (TPSA) is 25.2 Å². The molecule has 1 aromatic carbocycles. The maximum atomic E-state index is 13.0. The number of benzene rings is 1. The predicted octanol–water partition coefficient (Wildman–Crippen LogP) is 3.88. The third kappa shape index (κ3) is 2.92. The Morgan fingerprint density at radius 3 is 2.72 bits per heavy atom. The molecule has 2 nitrogen and oxygen atoms in total. The predicted molar refractivity (Wildman–Crippen MR) is 70.4 cm³/mol. The van der Waals surface area contributed by atoms with Crippen LogP contribution in [0.3, 0.4) is 0 Å². The molecule has 1 atom stereocenters. The molecule has 1 N–H and O–H groups in total. The Hall–Kier alpha value is -1.32. The van der Waals surface area contributed by atoms with Crippen molar-refractivity contribution in [3.63, 3.8) is 0 Å². The maximum absolute atomic E-state index is 13.0. The van der Waals surface area contributed by atoms with Crippen LogP contribution in [-0.4, -0.2) is 7.05 Å². The first-order valence-corrected chi connectivity index (χ1v) is 6.14. The first kappa shape index (κ1) is 13.1. The zero-order chi connectivity index (χ0) is 13.1. The maximum Gasteiger partial charge on any atom is 0.124 e. The van der Waals surface area contributed by atoms with Crippen molar-refractivity contribution in [2.45, 2.75) is 19.4 Å². The fraction of sp³-hybridized carbons (Fsp3) is 0.286. The minimum Gasteiger partial charge on any atom is -0.469 e. The monoisotopic (exact) mass is 267 g/mol. The number of nitrogens with one attached hydrogen (secondary N) is 1. The van der Waals surface area contributed by atoms with Gasteiger partial charge >= 0.3 is 0 Å². The molecule has 1 aromatic heterocycles. The second kappa shape index (κ2) is 5.55. The summed E-state index contributed by atoms with van der Waals surface area (Å²) in [5.41, 5.74) is 1.98. The Labute approximate surface area is 111 Å². The number of likely N-dealkylation sites (N-methyl/N-ethyl adjacent to an activating group) is 1. The van der Waals surface area contributed by atoms with E-state index in [4.69, 9.17) is 16.0 Å². The van der Waals surface area contributed by atoms with Gasteiger partial charge in [-0.25, -0.2) is 4.39 Å². The summed E-state index contributed by atoms with van der Waals surface area (Å²) in [6, 6.07) is 6.57. The van der Waals surface area contributed by atoms with Crippen LogP contribution in [0.15, 0.2) is 34.9 Å². The molecule has 0 radical (unpaired) electrons. The smallest absolute Gasteiger partial charge is 0.124 e. The van der Waals surface area contributed by atoms with E-state index in [-0.39, 0.29) is 11.9 Å². The van der Waals surface area contributed by atoms with Crippen molar-refractivity contribution in [3.05, 3.63) is 58.3 Å². The van der Waals surface area contributed by atoms with Gasteiger partial charge in [0.1, 0.15) is 11.6 Å². The summed E-state index contributed by atoms with van der Waals surface area (Å²) in [6.45, 7) is 1.90. The second-order valence-electron chi connectivity index (χ2n) is 4.27. The highest BCUT2D eigenvalue weighted by atomic mass is 35.5. The van der Waals surface area contributed by atoms with E-state index in [1.54, 1.807) is 12.3 Å². The van der Waals surface area contributed by atoms with Crippen molar-refractivity contribution in [1.29, 1.82) is 0 Å². The molecule has 2 aromatic rings. The van der Waals surface area contributed by atoms with Crippen LogP contribution in [0, 0.1) is 12.7 Å². The quantitative estimate of drug-likeness (QED) is 0.909. The molecule has 0 fully saturated rings. The standard InChI is InChI=1S/C14H15ClFNO/c1-9-5-11(8-18-9)14(17-2)6-10-3-4-12(16)7-13(10)15/h3-5,7-8,14,17H,6H2,1-2H3. The first-order valence-electron chi connectivity index (χ1n) is 5.76. The van der Waals surface area contributed by atoms with Crippen LogP contribution in [-0.2, 0) is 6.42 Å². The fourth-order valence-electron chi connectivity index (χ4n) is 1.94. The summed E-state index contributed by atoms with van der Waals surface area (Å²) in [5, 5.41) is 3.66. The lowest BCUT2D eigenvalue weighted by molar-refractivity contribution is 0.520. The van der Waals surface area contributed by atoms with Crippen molar-refractivity contribution in [2.75, 3.05) is 7.05 Å². The zero-order valence-electron chi connectivity index (χ0n) is 10.3. The van der Waals surface area contributed by atoms with Gasteiger partial charge in [0, 0.05) is 16.6 Å². The first-order chi connectivity index (χ1) is 8.60. The highest BCUT2D eigenvalue weighted by Gasteiger charge is 2.14. The normalized spacial score (nSPS) is 12.7. The Morgan fingerprint density at radius 1 is 1.39 bits per heavy atom. The van der Waals surface area contributed by atoms with E-state index in [0.29, 0.717) is 11.4 Å². The molecule has 0 amide bonds. The summed E-state index contributed by atoms with van der Waals surface area (Å²) < 4.78 is 18.3. The van der Waals surface area contributed by atoms with Gasteiger partial charge in [0.05, 0.1) is 6.26 Å². The SMILES string of the molecule is CNC(Cc1ccc(F)cc1Cl)c1coc(C)c1. The van der Waals surface area contributed by atoms with Crippen LogP contribution in [0.5, 0.6) is 0 Å². The Balaban J connectivity index is 2.20. The van der Waals surface area contributed by atoms with Gasteiger partial charge in [-0.05, 0) is 44.2 Å². The molecule has 18 heavy (non-hydrogen) atoms. The molecule has 1 heterocycles. The van der Waals surface area contributed by atoms with E-state index in [1.807, 2.05) is 20.0 Å². The number of rotatable bonds is 4. The number of aryl methyl sites for hydroxylation is 1. The number of halogens is 2. The number of furan rings is 1. The van der Waals surface area contributed by atoms with Crippen LogP contribution in [0.1, 0.15) is 22.9 Å². The number of hydrogen-bond acceptors (Lipinski definition) is 2. The molecule has 0 aliphatic rings. The van der Waals surface area contributed by atoms with Gasteiger partial charge < -0.3 is 9.73 Å². The van der Waals surface area contributed by atoms with Crippen LogP contribution in [0.2, 0.25) is 5.02 Å². The lowest BCUT2D eigenvalue weighted by atomic mass is 10.0. The molecule has 0 spiro atoms. The summed E-state index contributed by atoms with van der Waals surface area (Å²) in [4.78, 5) is 0. The lowest BCUT2D eigenvalue weighted by Crippen LogP contribution is -2.18. The zero-order valence-corrected chi connectivity index (χ0v) is 11.1. The van der Waals surface area contributed by atoms with Gasteiger partial charge in [-0.3, -0.25) is 0 Å². The summed E-state index contributed by atoms with van der Waals surface area (Å²) >= 11 is 6.03. The van der Waals surface area contributed by atoms with Crippen molar-refractivity contribution >= 4 is 11.6 Å². The van der Waals surface area contributed by atoms with Crippen molar-refractivity contribution in [1.82, 2.24) is 5.32 Å². The molecule has 4 heteroatoms. The average Bonchev–Trinajstić information content (AvgIpc) is 2.75. The van der Waals surface area contributed by atoms with Crippen LogP contribution in [0.25, 0.3) is 0 Å². The molecule has 1 unspecified atom stereocenters. The van der Waals surface area contributed by atoms with Crippen molar-refractivity contribution in [2.24, 2.45) is 0 Å². The lowest BCUT2D eigenvalue weighted by Gasteiger charge is -2.15. The molecular weight excluding hydrogens is 253 g/mol. The molecule has 0 aliphatic carbocycles. The second-order valence-corrected chi connectivity index (χ2v) is 4.68. The third-order valence-corrected chi connectivity index (χ3v) is 3.29. The van der Waals surface area contributed by atoms with Gasteiger partial charge in [0.25, 0.3) is 0 Å². The van der Waals surface area contributed by atoms with Gasteiger partial charge in [0.15, 0.2) is 0 Å². The molecule has 0 bridgehead atoms. The minimum absolute atomic E-state index is 0.102. The highest BCUT2D eigenvalue weighted by molar-refractivity contribution is 6.31. The van der Waals surface area contributed by atoms with E-state index in [2.05, 4.69) is 5.32 Å². The van der Waals surface area contributed by atoms with Crippen LogP contribution < -0.4 is 5.32 Å². The molecule has 0 aliphatic heterocycles. The van der Waals surface area contributed by atoms with Gasteiger partial charge in [-0.1, -0.05) is 17.7 Å². The Morgan fingerprint density at radius 2 is 2.17 bits per heavy atom. The summed E-state index contributed by atoms with van der Waals surface area (Å²) in [6.07, 6.45) is 2.42. The van der Waals surface area contributed by atoms with E-state index < -0.39 is 0 Å². The molecule has 2 rings (SSSR count). The minimum atomic E-state index is -0.316. The third-order valence-electron chi connectivity index (χ3n) is 2.94. The molecule has 96 valence electrons. The summed E-state index contributed by atoms with van der Waals surface area (Å²) in [5.74, 6) is 0.555. The average molecular weight is 268 g/mol. The van der Waals surface area contributed by atoms with E-state index in [0.717, 1.165) is 16.9 Å². The van der Waals surface area contributed by atoms with Crippen molar-refractivity contribution in [3.8, 4) is 0 Å². The van der Waals surface area contributed by atoms with E-state index >= 15 is 0 Å². The van der Waals surface area contributed by atoms with E-state index in [9.17, 15) is 4.39 Å². The Kier molecular flexibility index (Phi) is 4.04. The molecule has 0 saturated heterocycles. The van der Waals surface area contributed by atoms with Crippen LogP contribution in [0.4, 0.5) is 4.39 Å². The highest BCUT2D eigenvalue weighted by Crippen LogP contribution is 2.25. The van der Waals surface area contributed by atoms with Gasteiger partial charge in [0.2, 0.25) is 0 Å². The summed E-state index contributed by atoms with van der Waals surface area (Å²) in [7, 11) is 1.88. The van der Waals surface area contributed by atoms with E-state index in [1.165, 1.54) is 12.1 Å². The Bertz CT molecular complexity index is 538. The van der Waals surface area contributed by atoms with Crippen molar-refractivity contribution < 1.29 is 8.81 Å². The van der Waals surface area contributed by atoms with Crippen LogP contribution >= 0.6 is 11.6 Å². The molecular formula is C14H15ClFNO. The van der Waals surface area contributed by atoms with Gasteiger partial charge in [-0.2, -0.15) is 0 Å². The largest absolute Gasteiger partial charge is 0.469 e. The molecule has 0 saturated carbocycles. The number of hydrogen-bond donors (Lipinski definition) is 1. The van der Waals surface area contributed by atoms with Gasteiger partial charge in [-0.15, -0.1) is 0 Å². The fourth-order valence-corrected chi connectivity index (χ4v) is 2.18.